The third-order valence-electron chi connectivity index (χ3n) is 6.99. The zero-order valence-corrected chi connectivity index (χ0v) is 18.7. The van der Waals surface area contributed by atoms with E-state index in [9.17, 15) is 4.79 Å². The molecule has 4 rings (SSSR count). The van der Waals surface area contributed by atoms with Crippen LogP contribution in [0.1, 0.15) is 56.4 Å². The average Bonchev–Trinajstić information content (AvgIpc) is 3.22. The van der Waals surface area contributed by atoms with Crippen molar-refractivity contribution < 1.29 is 4.79 Å². The summed E-state index contributed by atoms with van der Waals surface area (Å²) in [4.78, 5) is 16.1. The number of amides is 2. The van der Waals surface area contributed by atoms with E-state index in [-0.39, 0.29) is 6.03 Å². The molecule has 0 radical (unpaired) electrons. The van der Waals surface area contributed by atoms with Crippen molar-refractivity contribution in [3.8, 4) is 0 Å². The lowest BCUT2D eigenvalue weighted by Gasteiger charge is -2.35. The van der Waals surface area contributed by atoms with Gasteiger partial charge in [-0.15, -0.1) is 11.3 Å². The Morgan fingerprint density at radius 2 is 1.86 bits per heavy atom. The zero-order valence-electron chi connectivity index (χ0n) is 17.9. The maximum absolute atomic E-state index is 11.8. The Balaban J connectivity index is 1.18. The summed E-state index contributed by atoms with van der Waals surface area (Å²) in [5.74, 6) is 1.56. The molecule has 2 heterocycles. The molecule has 1 aromatic carbocycles. The van der Waals surface area contributed by atoms with Gasteiger partial charge in [-0.2, -0.15) is 0 Å². The van der Waals surface area contributed by atoms with E-state index in [0.717, 1.165) is 24.7 Å². The molecule has 1 saturated heterocycles. The standard InChI is InChI=1S/C24H35N3OS/c1-26(2)24(28)25-20-8-6-18(7-9-20)10-14-27-15-11-19(12-16-27)21-4-3-5-23-22(21)13-17-29-23/h3-5,13,17-20H,6-12,14-16H2,1-2H3,(H,25,28)/t18-,20-. The number of likely N-dealkylation sites (tertiary alicyclic amines) is 1. The summed E-state index contributed by atoms with van der Waals surface area (Å²) >= 11 is 1.86. The van der Waals surface area contributed by atoms with Gasteiger partial charge in [-0.05, 0) is 105 Å². The highest BCUT2D eigenvalue weighted by molar-refractivity contribution is 7.17. The third-order valence-corrected chi connectivity index (χ3v) is 7.87. The van der Waals surface area contributed by atoms with Crippen LogP contribution in [0.15, 0.2) is 29.6 Å². The Bertz CT molecular complexity index is 801. The molecule has 1 N–H and O–H groups in total. The van der Waals surface area contributed by atoms with Gasteiger partial charge in [0, 0.05) is 24.8 Å². The van der Waals surface area contributed by atoms with E-state index in [4.69, 9.17) is 0 Å². The van der Waals surface area contributed by atoms with E-state index in [1.165, 1.54) is 61.8 Å². The second kappa shape index (κ2) is 9.48. The minimum absolute atomic E-state index is 0.0504. The van der Waals surface area contributed by atoms with Crippen molar-refractivity contribution in [1.82, 2.24) is 15.1 Å². The minimum atomic E-state index is 0.0504. The highest BCUT2D eigenvalue weighted by Crippen LogP contribution is 2.35. The van der Waals surface area contributed by atoms with Crippen LogP contribution in [0.25, 0.3) is 10.1 Å². The fourth-order valence-electron chi connectivity index (χ4n) is 5.11. The number of hydrogen-bond acceptors (Lipinski definition) is 3. The van der Waals surface area contributed by atoms with Gasteiger partial charge in [-0.25, -0.2) is 4.79 Å². The van der Waals surface area contributed by atoms with Crippen molar-refractivity contribution >= 4 is 27.5 Å². The van der Waals surface area contributed by atoms with Crippen molar-refractivity contribution in [2.45, 2.75) is 56.9 Å². The fraction of sp³-hybridized carbons (Fsp3) is 0.625. The predicted octanol–water partition coefficient (Wildman–Crippen LogP) is 5.30. The van der Waals surface area contributed by atoms with Crippen LogP contribution in [-0.2, 0) is 0 Å². The summed E-state index contributed by atoms with van der Waals surface area (Å²) < 4.78 is 1.43. The van der Waals surface area contributed by atoms with Crippen LogP contribution in [0.2, 0.25) is 0 Å². The molecule has 1 aliphatic heterocycles. The molecule has 0 atom stereocenters. The minimum Gasteiger partial charge on any atom is -0.335 e. The first-order chi connectivity index (χ1) is 14.1. The molecule has 158 valence electrons. The Morgan fingerprint density at radius 1 is 1.10 bits per heavy atom. The van der Waals surface area contributed by atoms with E-state index in [2.05, 4.69) is 39.9 Å². The lowest BCUT2D eigenvalue weighted by molar-refractivity contribution is 0.180. The highest BCUT2D eigenvalue weighted by Gasteiger charge is 2.25. The van der Waals surface area contributed by atoms with Gasteiger partial charge in [-0.1, -0.05) is 12.1 Å². The van der Waals surface area contributed by atoms with Gasteiger partial charge in [0.15, 0.2) is 0 Å². The van der Waals surface area contributed by atoms with Crippen LogP contribution in [0.3, 0.4) is 0 Å². The van der Waals surface area contributed by atoms with Gasteiger partial charge in [0.2, 0.25) is 0 Å². The molecule has 2 aromatic rings. The number of piperidine rings is 1. The Morgan fingerprint density at radius 3 is 2.59 bits per heavy atom. The van der Waals surface area contributed by atoms with Crippen molar-refractivity contribution in [3.63, 3.8) is 0 Å². The molecule has 0 bridgehead atoms. The Labute approximate surface area is 179 Å². The summed E-state index contributed by atoms with van der Waals surface area (Å²) in [7, 11) is 3.62. The highest BCUT2D eigenvalue weighted by atomic mass is 32.1. The predicted molar refractivity (Wildman–Crippen MR) is 123 cm³/mol. The second-order valence-electron chi connectivity index (χ2n) is 9.15. The second-order valence-corrected chi connectivity index (χ2v) is 10.1. The number of benzene rings is 1. The SMILES string of the molecule is CN(C)C(=O)N[C@H]1CC[C@H](CCN2CCC(c3cccc4sccc34)CC2)CC1. The summed E-state index contributed by atoms with van der Waals surface area (Å²) in [6.07, 6.45) is 8.69. The lowest BCUT2D eigenvalue weighted by Crippen LogP contribution is -2.43. The molecular weight excluding hydrogens is 378 g/mol. The number of rotatable bonds is 5. The van der Waals surface area contributed by atoms with Crippen LogP contribution in [0.4, 0.5) is 4.79 Å². The molecule has 4 nitrogen and oxygen atoms in total. The molecule has 2 aliphatic rings. The lowest BCUT2D eigenvalue weighted by atomic mass is 9.83. The summed E-state index contributed by atoms with van der Waals surface area (Å²) in [6.45, 7) is 3.72. The molecule has 0 spiro atoms. The van der Waals surface area contributed by atoms with Gasteiger partial charge in [-0.3, -0.25) is 0 Å². The number of nitrogens with zero attached hydrogens (tertiary/aromatic N) is 2. The van der Waals surface area contributed by atoms with Gasteiger partial charge in [0.05, 0.1) is 0 Å². The average molecular weight is 414 g/mol. The first-order valence-corrected chi connectivity index (χ1v) is 12.1. The van der Waals surface area contributed by atoms with Gasteiger partial charge < -0.3 is 15.1 Å². The first-order valence-electron chi connectivity index (χ1n) is 11.3. The van der Waals surface area contributed by atoms with E-state index < -0.39 is 0 Å². The number of urea groups is 1. The fourth-order valence-corrected chi connectivity index (χ4v) is 5.93. The van der Waals surface area contributed by atoms with Crippen LogP contribution in [0.5, 0.6) is 0 Å². The largest absolute Gasteiger partial charge is 0.335 e. The van der Waals surface area contributed by atoms with Crippen molar-refractivity contribution in [2.75, 3.05) is 33.7 Å². The van der Waals surface area contributed by atoms with Crippen LogP contribution < -0.4 is 5.32 Å². The molecule has 5 heteroatoms. The first kappa shape index (κ1) is 20.7. The summed E-state index contributed by atoms with van der Waals surface area (Å²) in [6, 6.07) is 9.56. The van der Waals surface area contributed by atoms with Crippen LogP contribution in [-0.4, -0.2) is 55.6 Å². The number of fused-ring (bicyclic) bond motifs is 1. The van der Waals surface area contributed by atoms with Gasteiger partial charge in [0.1, 0.15) is 0 Å². The summed E-state index contributed by atoms with van der Waals surface area (Å²) in [5.41, 5.74) is 1.57. The maximum atomic E-state index is 11.8. The zero-order chi connectivity index (χ0) is 20.2. The van der Waals surface area contributed by atoms with E-state index in [0.29, 0.717) is 6.04 Å². The molecule has 2 fully saturated rings. The maximum Gasteiger partial charge on any atom is 0.317 e. The monoisotopic (exact) mass is 413 g/mol. The number of hydrogen-bond donors (Lipinski definition) is 1. The van der Waals surface area contributed by atoms with Gasteiger partial charge in [0.25, 0.3) is 0 Å². The molecule has 2 amide bonds. The Hall–Kier alpha value is -1.59. The quantitative estimate of drug-likeness (QED) is 0.722. The third kappa shape index (κ3) is 5.13. The van der Waals surface area contributed by atoms with E-state index in [1.807, 2.05) is 25.4 Å². The molecule has 1 aliphatic carbocycles. The summed E-state index contributed by atoms with van der Waals surface area (Å²) in [5, 5.41) is 6.86. The molecule has 1 aromatic heterocycles. The molecular formula is C24H35N3OS. The van der Waals surface area contributed by atoms with Crippen molar-refractivity contribution in [1.29, 1.82) is 0 Å². The molecule has 29 heavy (non-hydrogen) atoms. The number of carbonyl (C=O) groups excluding carboxylic acids is 1. The van der Waals surface area contributed by atoms with Crippen molar-refractivity contribution in [3.05, 3.63) is 35.2 Å². The Kier molecular flexibility index (Phi) is 6.76. The van der Waals surface area contributed by atoms with Gasteiger partial charge >= 0.3 is 6.03 Å². The van der Waals surface area contributed by atoms with E-state index in [1.54, 1.807) is 10.5 Å². The molecule has 1 saturated carbocycles. The topological polar surface area (TPSA) is 35.6 Å². The normalized spacial score (nSPS) is 23.9. The smallest absolute Gasteiger partial charge is 0.317 e. The molecule has 0 unspecified atom stereocenters. The van der Waals surface area contributed by atoms with Crippen LogP contribution in [0, 0.1) is 5.92 Å². The number of carbonyl (C=O) groups is 1. The number of thiophene rings is 1. The number of nitrogens with one attached hydrogen (secondary N) is 1. The van der Waals surface area contributed by atoms with E-state index >= 15 is 0 Å². The van der Waals surface area contributed by atoms with Crippen molar-refractivity contribution in [2.24, 2.45) is 5.92 Å². The van der Waals surface area contributed by atoms with Crippen LogP contribution >= 0.6 is 11.3 Å².